The minimum atomic E-state index is -0.604. The molecule has 190 valence electrons. The molecule has 2 heterocycles. The van der Waals surface area contributed by atoms with Gasteiger partial charge in [-0.05, 0) is 52.3 Å². The van der Waals surface area contributed by atoms with Gasteiger partial charge in [-0.15, -0.1) is 0 Å². The van der Waals surface area contributed by atoms with Gasteiger partial charge in [-0.2, -0.15) is 0 Å². The smallest absolute Gasteiger partial charge is 0.279 e. The maximum Gasteiger partial charge on any atom is 0.279 e. The highest BCUT2D eigenvalue weighted by molar-refractivity contribution is 6.05. The van der Waals surface area contributed by atoms with Gasteiger partial charge in [0, 0.05) is 36.9 Å². The van der Waals surface area contributed by atoms with Gasteiger partial charge in [0.25, 0.3) is 5.91 Å². The average Bonchev–Trinajstić information content (AvgIpc) is 3.55. The number of imidazole rings is 1. The van der Waals surface area contributed by atoms with Crippen LogP contribution >= 0.6 is 0 Å². The van der Waals surface area contributed by atoms with Crippen LogP contribution in [0.1, 0.15) is 65.7 Å². The summed E-state index contributed by atoms with van der Waals surface area (Å²) in [5, 5.41) is 14.5. The lowest BCUT2D eigenvalue weighted by molar-refractivity contribution is 0.0968. The molecule has 0 spiro atoms. The summed E-state index contributed by atoms with van der Waals surface area (Å²) in [5.74, 6) is -0.212. The Kier molecular flexibility index (Phi) is 6.91. The van der Waals surface area contributed by atoms with E-state index in [0.717, 1.165) is 28.8 Å². The Labute approximate surface area is 217 Å². The second-order valence-electron chi connectivity index (χ2n) is 10.6. The van der Waals surface area contributed by atoms with Crippen molar-refractivity contribution in [2.75, 3.05) is 11.4 Å². The zero-order chi connectivity index (χ0) is 26.0. The first kappa shape index (κ1) is 24.9. The van der Waals surface area contributed by atoms with E-state index in [9.17, 15) is 9.90 Å². The largest absolute Gasteiger partial charge is 0.387 e. The minimum Gasteiger partial charge on any atom is -0.387 e. The number of fused-ring (bicyclic) bond motifs is 1. The molecular formula is C30H33N5O2. The number of hydrogen-bond donors (Lipinski definition) is 3. The lowest BCUT2D eigenvalue weighted by Gasteiger charge is -2.33. The lowest BCUT2D eigenvalue weighted by atomic mass is 9.87. The van der Waals surface area contributed by atoms with Gasteiger partial charge in [0.2, 0.25) is 0 Å². The van der Waals surface area contributed by atoms with E-state index in [0.29, 0.717) is 12.2 Å². The first-order valence-corrected chi connectivity index (χ1v) is 12.6. The Bertz CT molecular complexity index is 1330. The summed E-state index contributed by atoms with van der Waals surface area (Å²) in [6.07, 6.45) is 6.77. The summed E-state index contributed by atoms with van der Waals surface area (Å²) < 4.78 is 0. The lowest BCUT2D eigenvalue weighted by Crippen LogP contribution is -2.44. The highest BCUT2D eigenvalue weighted by Gasteiger charge is 2.34. The second-order valence-corrected chi connectivity index (χ2v) is 10.6. The van der Waals surface area contributed by atoms with E-state index in [1.54, 1.807) is 23.5 Å². The van der Waals surface area contributed by atoms with Crippen LogP contribution in [0.3, 0.4) is 0 Å². The Balaban J connectivity index is 1.50. The molecule has 5 rings (SSSR count). The molecule has 0 bridgehead atoms. The van der Waals surface area contributed by atoms with Gasteiger partial charge >= 0.3 is 0 Å². The SMILES string of the molecule is CC(C)(C)c1ccc(N(C(=O)c2c[nH]cn2)C(CN[C@@H]2Cc3ccccc3[C@@H]2O)c2cccnc2)cc1. The molecule has 7 nitrogen and oxygen atoms in total. The number of anilines is 1. The molecular weight excluding hydrogens is 462 g/mol. The van der Waals surface area contributed by atoms with Crippen molar-refractivity contribution < 1.29 is 9.90 Å². The number of aliphatic hydroxyl groups excluding tert-OH is 1. The number of nitrogens with zero attached hydrogens (tertiary/aromatic N) is 3. The standard InChI is InChI=1S/C30H33N5O2/c1-30(2,3)22-10-12-23(13-11-22)35(29(37)26-17-32-19-34-26)27(21-8-6-14-31-16-21)18-33-25-15-20-7-4-5-9-24(20)28(25)36/h4-14,16-17,19,25,27-28,33,36H,15,18H2,1-3H3,(H,32,34)/t25-,27?,28+/m1/s1. The van der Waals surface area contributed by atoms with E-state index in [2.05, 4.69) is 59.2 Å². The predicted molar refractivity (Wildman–Crippen MR) is 144 cm³/mol. The number of rotatable bonds is 7. The van der Waals surface area contributed by atoms with Crippen molar-refractivity contribution in [3.63, 3.8) is 0 Å². The predicted octanol–water partition coefficient (Wildman–Crippen LogP) is 4.74. The van der Waals surface area contributed by atoms with Crippen molar-refractivity contribution in [2.24, 2.45) is 0 Å². The number of aliphatic hydroxyl groups is 1. The van der Waals surface area contributed by atoms with Crippen LogP contribution in [0.2, 0.25) is 0 Å². The highest BCUT2D eigenvalue weighted by atomic mass is 16.3. The fraction of sp³-hybridized carbons (Fsp3) is 0.300. The van der Waals surface area contributed by atoms with Crippen molar-refractivity contribution >= 4 is 11.6 Å². The van der Waals surface area contributed by atoms with Crippen LogP contribution in [0.25, 0.3) is 0 Å². The topological polar surface area (TPSA) is 94.1 Å². The number of carbonyl (C=O) groups excluding carboxylic acids is 1. The summed E-state index contributed by atoms with van der Waals surface area (Å²) >= 11 is 0. The van der Waals surface area contributed by atoms with Crippen LogP contribution in [0.4, 0.5) is 5.69 Å². The summed E-state index contributed by atoms with van der Waals surface area (Å²) in [7, 11) is 0. The molecule has 4 aromatic rings. The number of benzene rings is 2. The monoisotopic (exact) mass is 495 g/mol. The number of amides is 1. The van der Waals surface area contributed by atoms with E-state index < -0.39 is 6.10 Å². The maximum atomic E-state index is 13.9. The number of hydrogen-bond acceptors (Lipinski definition) is 5. The van der Waals surface area contributed by atoms with Crippen molar-refractivity contribution in [1.82, 2.24) is 20.3 Å². The number of nitrogens with one attached hydrogen (secondary N) is 2. The Morgan fingerprint density at radius 3 is 2.57 bits per heavy atom. The molecule has 1 aliphatic rings. The van der Waals surface area contributed by atoms with E-state index in [-0.39, 0.29) is 23.4 Å². The van der Waals surface area contributed by atoms with E-state index >= 15 is 0 Å². The zero-order valence-corrected chi connectivity index (χ0v) is 21.4. The first-order chi connectivity index (χ1) is 17.8. The molecule has 3 atom stereocenters. The van der Waals surface area contributed by atoms with E-state index in [1.807, 2.05) is 42.5 Å². The molecule has 2 aromatic heterocycles. The van der Waals surface area contributed by atoms with Crippen molar-refractivity contribution in [1.29, 1.82) is 0 Å². The number of H-pyrrole nitrogens is 1. The van der Waals surface area contributed by atoms with Gasteiger partial charge < -0.3 is 15.4 Å². The van der Waals surface area contributed by atoms with Crippen molar-refractivity contribution in [2.45, 2.75) is 50.8 Å². The Morgan fingerprint density at radius 2 is 1.92 bits per heavy atom. The van der Waals surface area contributed by atoms with Crippen LogP contribution in [0, 0.1) is 0 Å². The third-order valence-corrected chi connectivity index (χ3v) is 7.10. The van der Waals surface area contributed by atoms with Gasteiger partial charge in [-0.3, -0.25) is 14.7 Å². The van der Waals surface area contributed by atoms with Crippen LogP contribution < -0.4 is 10.2 Å². The number of aromatic amines is 1. The van der Waals surface area contributed by atoms with Gasteiger partial charge in [0.05, 0.1) is 18.5 Å². The molecule has 0 radical (unpaired) electrons. The molecule has 37 heavy (non-hydrogen) atoms. The van der Waals surface area contributed by atoms with Crippen LogP contribution in [0.15, 0.2) is 85.6 Å². The quantitative estimate of drug-likeness (QED) is 0.344. The molecule has 1 aliphatic carbocycles. The highest BCUT2D eigenvalue weighted by Crippen LogP contribution is 2.34. The first-order valence-electron chi connectivity index (χ1n) is 12.6. The zero-order valence-electron chi connectivity index (χ0n) is 21.4. The molecule has 0 saturated heterocycles. The van der Waals surface area contributed by atoms with Crippen LogP contribution in [-0.4, -0.2) is 38.6 Å². The third kappa shape index (κ3) is 5.19. The van der Waals surface area contributed by atoms with Crippen molar-refractivity contribution in [3.8, 4) is 0 Å². The summed E-state index contributed by atoms with van der Waals surface area (Å²) in [6.45, 7) is 6.93. The maximum absolute atomic E-state index is 13.9. The summed E-state index contributed by atoms with van der Waals surface area (Å²) in [5.41, 5.74) is 5.28. The molecule has 1 unspecified atom stereocenters. The molecule has 0 fully saturated rings. The minimum absolute atomic E-state index is 0.00646. The molecule has 1 amide bonds. The number of aromatic nitrogens is 3. The molecule has 7 heteroatoms. The van der Waals surface area contributed by atoms with Gasteiger partial charge in [0.15, 0.2) is 0 Å². The number of carbonyl (C=O) groups is 1. The fourth-order valence-electron chi connectivity index (χ4n) is 5.01. The molecule has 0 aliphatic heterocycles. The van der Waals surface area contributed by atoms with E-state index in [1.165, 1.54) is 11.9 Å². The van der Waals surface area contributed by atoms with Crippen LogP contribution in [-0.2, 0) is 11.8 Å². The second kappa shape index (κ2) is 10.3. The van der Waals surface area contributed by atoms with Crippen molar-refractivity contribution in [3.05, 3.63) is 114 Å². The van der Waals surface area contributed by atoms with Gasteiger partial charge in [0.1, 0.15) is 5.69 Å². The Morgan fingerprint density at radius 1 is 1.14 bits per heavy atom. The Hall–Kier alpha value is -3.81. The summed E-state index contributed by atoms with van der Waals surface area (Å²) in [4.78, 5) is 27.2. The average molecular weight is 496 g/mol. The molecule has 0 saturated carbocycles. The molecule has 3 N–H and O–H groups in total. The normalized spacial score (nSPS) is 17.8. The number of pyridine rings is 1. The van der Waals surface area contributed by atoms with Gasteiger partial charge in [-0.25, -0.2) is 4.98 Å². The third-order valence-electron chi connectivity index (χ3n) is 7.10. The van der Waals surface area contributed by atoms with E-state index in [4.69, 9.17) is 0 Å². The van der Waals surface area contributed by atoms with Gasteiger partial charge in [-0.1, -0.05) is 63.2 Å². The fourth-order valence-corrected chi connectivity index (χ4v) is 5.01. The molecule has 2 aromatic carbocycles. The van der Waals surface area contributed by atoms with Crippen LogP contribution in [0.5, 0.6) is 0 Å². The summed E-state index contributed by atoms with van der Waals surface area (Å²) in [6, 6.07) is 19.5.